The van der Waals surface area contributed by atoms with Crippen LogP contribution in [0.5, 0.6) is 0 Å². The molecule has 0 radical (unpaired) electrons. The van der Waals surface area contributed by atoms with E-state index in [1.165, 1.54) is 17.2 Å². The molecular weight excluding hydrogens is 850 g/mol. The second-order valence-corrected chi connectivity index (χ2v) is 19.3. The Balaban J connectivity index is 1.03. The van der Waals surface area contributed by atoms with E-state index in [4.69, 9.17) is 39.4 Å². The Morgan fingerprint density at radius 2 is 1.59 bits per heavy atom. The molecule has 1 aromatic carbocycles. The average Bonchev–Trinajstić information content (AvgIpc) is 3.94. The molecule has 2 unspecified atom stereocenters. The number of ketones is 1. The van der Waals surface area contributed by atoms with Crippen molar-refractivity contribution in [2.75, 3.05) is 18.5 Å². The lowest BCUT2D eigenvalue weighted by atomic mass is 10.1. The van der Waals surface area contributed by atoms with E-state index in [1.54, 1.807) is 44.2 Å². The van der Waals surface area contributed by atoms with Crippen LogP contribution in [0.3, 0.4) is 0 Å². The van der Waals surface area contributed by atoms with Crippen LogP contribution in [0, 0.1) is 5.92 Å². The Hall–Kier alpha value is -3.93. The van der Waals surface area contributed by atoms with E-state index in [2.05, 4.69) is 47.5 Å². The summed E-state index contributed by atoms with van der Waals surface area (Å²) in [5.74, 6) is -1.39. The van der Waals surface area contributed by atoms with Gasteiger partial charge < -0.3 is 18.9 Å². The lowest BCUT2D eigenvalue weighted by Crippen LogP contribution is -2.37. The molecular formula is C32H33F2N9O11P2S2. The summed E-state index contributed by atoms with van der Waals surface area (Å²) in [4.78, 5) is 72.5. The van der Waals surface area contributed by atoms with Crippen LogP contribution < -0.4 is 10.9 Å². The molecule has 7 heterocycles. The molecule has 3 N–H and O–H groups in total. The Kier molecular flexibility index (Phi) is 11.2. The maximum absolute atomic E-state index is 16.5. The molecule has 1 amide bonds. The highest BCUT2D eigenvalue weighted by Gasteiger charge is 2.54. The van der Waals surface area contributed by atoms with Crippen LogP contribution in [0.1, 0.15) is 42.4 Å². The quantitative estimate of drug-likeness (QED) is 0.104. The first-order chi connectivity index (χ1) is 27.6. The Bertz CT molecular complexity index is 2550. The molecule has 20 nitrogen and oxygen atoms in total. The number of amides is 1. The van der Waals surface area contributed by atoms with Gasteiger partial charge in [0, 0.05) is 11.5 Å². The van der Waals surface area contributed by atoms with Gasteiger partial charge in [0.25, 0.3) is 5.56 Å². The third-order valence-corrected chi connectivity index (χ3v) is 12.6. The minimum Gasteiger partial charge on any atom is -0.346 e. The number of alkyl halides is 2. The molecule has 0 bridgehead atoms. The van der Waals surface area contributed by atoms with Crippen LogP contribution in [-0.4, -0.2) is 106 Å². The number of imidazole rings is 2. The van der Waals surface area contributed by atoms with Crippen LogP contribution in [0.15, 0.2) is 54.1 Å². The number of H-pyrrole nitrogens is 1. The normalized spacial score (nSPS) is 31.8. The summed E-state index contributed by atoms with van der Waals surface area (Å²) in [6, 6.07) is 8.55. The van der Waals surface area contributed by atoms with E-state index in [-0.39, 0.29) is 46.2 Å². The number of hydrogen-bond acceptors (Lipinski definition) is 16. The van der Waals surface area contributed by atoms with Gasteiger partial charge in [-0.15, -0.1) is 0 Å². The SMILES string of the molecule is CC(C)C(=O)Nc1nc2c(ncn2[C@@H]2O[C@@H]3COP(O)(=S)O[C@H]4[C@@H](F)[C@H](n5cnc6c(CC(=O)c7ccccc7)ncnc65)O[C@@H]4COP(=O)(S)O[C@H]3[C@H]2F)c(=O)[nH]1. The summed E-state index contributed by atoms with van der Waals surface area (Å²) in [5.41, 5.74) is -0.111. The van der Waals surface area contributed by atoms with Crippen molar-refractivity contribution in [2.45, 2.75) is 69.5 Å². The van der Waals surface area contributed by atoms with E-state index < -0.39 is 93.3 Å². The number of rotatable bonds is 7. The first-order valence-corrected chi connectivity index (χ1v) is 22.8. The van der Waals surface area contributed by atoms with Crippen molar-refractivity contribution >= 4 is 77.5 Å². The molecule has 26 heteroatoms. The lowest BCUT2D eigenvalue weighted by Gasteiger charge is -2.29. The molecule has 3 aliphatic heterocycles. The topological polar surface area (TPSA) is 246 Å². The van der Waals surface area contributed by atoms with Crippen molar-refractivity contribution in [2.24, 2.45) is 5.92 Å². The standard InChI is InChI=1S/C32H33F2N9O11P2S2/c1-14(2)28(45)40-32-39-27-23(29(46)41-32)38-13-43(27)31-21(34)25-19(52-31)10-50-55(47,57)53-24-18(9-49-56(48,58)54-25)51-30(20(24)33)42-12-37-22-16(35-11-36-26(22)42)8-17(44)15-6-4-3-5-7-15/h3-7,11-14,18-21,24-25,30-31H,8-10H2,1-2H3,(H,47,57)(H,48,58)(H2,39,40,41,45,46)/t18-,19-,20-,21-,24-,25-,30-,31-,55?,56?/m1/s1. The van der Waals surface area contributed by atoms with Crippen molar-refractivity contribution in [3.8, 4) is 0 Å². The Labute approximate surface area is 335 Å². The zero-order valence-electron chi connectivity index (χ0n) is 30.1. The van der Waals surface area contributed by atoms with Gasteiger partial charge in [-0.25, -0.2) is 33.3 Å². The fraction of sp³-hybridized carbons (Fsp3) is 0.438. The first-order valence-electron chi connectivity index (χ1n) is 17.5. The summed E-state index contributed by atoms with van der Waals surface area (Å²) in [5, 5.41) is 2.46. The second kappa shape index (κ2) is 15.9. The highest BCUT2D eigenvalue weighted by Crippen LogP contribution is 2.58. The van der Waals surface area contributed by atoms with Gasteiger partial charge in [-0.1, -0.05) is 56.4 Å². The summed E-state index contributed by atoms with van der Waals surface area (Å²) >= 11 is 9.27. The molecule has 0 aliphatic carbocycles. The molecule has 5 aromatic rings. The van der Waals surface area contributed by atoms with Crippen molar-refractivity contribution in [3.63, 3.8) is 0 Å². The van der Waals surface area contributed by atoms with Crippen molar-refractivity contribution in [1.29, 1.82) is 0 Å². The van der Waals surface area contributed by atoms with E-state index in [0.29, 0.717) is 5.56 Å². The molecule has 308 valence electrons. The smallest absolute Gasteiger partial charge is 0.346 e. The molecule has 8 rings (SSSR count). The fourth-order valence-corrected chi connectivity index (χ4v) is 9.51. The van der Waals surface area contributed by atoms with Crippen LogP contribution >= 0.6 is 25.8 Å². The summed E-state index contributed by atoms with van der Waals surface area (Å²) < 4.78 is 83.0. The number of aromatic amines is 1. The number of fused-ring (bicyclic) bond motifs is 4. The van der Waals surface area contributed by atoms with Gasteiger partial charge in [-0.2, -0.15) is 4.98 Å². The van der Waals surface area contributed by atoms with E-state index in [0.717, 1.165) is 10.9 Å². The maximum atomic E-state index is 16.5. The van der Waals surface area contributed by atoms with Gasteiger partial charge in [0.2, 0.25) is 11.9 Å². The second-order valence-electron chi connectivity index (χ2n) is 13.7. The average molecular weight is 884 g/mol. The number of ether oxygens (including phenoxy) is 2. The Morgan fingerprint density at radius 1 is 0.966 bits per heavy atom. The van der Waals surface area contributed by atoms with Crippen molar-refractivity contribution < 1.29 is 55.4 Å². The van der Waals surface area contributed by atoms with Gasteiger partial charge in [-0.05, 0) is 11.8 Å². The van der Waals surface area contributed by atoms with Gasteiger partial charge in [-0.3, -0.25) is 47.4 Å². The van der Waals surface area contributed by atoms with Crippen LogP contribution in [0.2, 0.25) is 0 Å². The van der Waals surface area contributed by atoms with Gasteiger partial charge in [0.1, 0.15) is 36.3 Å². The Morgan fingerprint density at radius 3 is 2.26 bits per heavy atom. The fourth-order valence-electron chi connectivity index (χ4n) is 6.59. The number of Topliss-reactive ketones (excluding diaryl/α,β-unsaturated/α-hetero) is 1. The predicted molar refractivity (Wildman–Crippen MR) is 204 cm³/mol. The molecule has 4 aromatic heterocycles. The number of nitrogens with zero attached hydrogens (tertiary/aromatic N) is 7. The number of halogens is 2. The number of anilines is 1. The lowest BCUT2D eigenvalue weighted by molar-refractivity contribution is -0.118. The number of carbonyl (C=O) groups is 2. The van der Waals surface area contributed by atoms with Crippen molar-refractivity contribution in [3.05, 3.63) is 70.9 Å². The highest BCUT2D eigenvalue weighted by atomic mass is 32.7. The highest BCUT2D eigenvalue weighted by molar-refractivity contribution is 8.44. The molecule has 3 saturated heterocycles. The minimum absolute atomic E-state index is 0.107. The van der Waals surface area contributed by atoms with Crippen LogP contribution in [0.4, 0.5) is 14.7 Å². The first kappa shape index (κ1) is 40.8. The largest absolute Gasteiger partial charge is 0.386 e. The van der Waals surface area contributed by atoms with E-state index in [9.17, 15) is 23.8 Å². The van der Waals surface area contributed by atoms with Crippen LogP contribution in [-0.2, 0) is 55.2 Å². The molecule has 3 aliphatic rings. The minimum atomic E-state index is -4.54. The summed E-state index contributed by atoms with van der Waals surface area (Å²) in [6.45, 7) is -7.14. The molecule has 0 saturated carbocycles. The predicted octanol–water partition coefficient (Wildman–Crippen LogP) is 3.52. The molecule has 0 spiro atoms. The third-order valence-electron chi connectivity index (χ3n) is 9.45. The van der Waals surface area contributed by atoms with Gasteiger partial charge in [0.05, 0.1) is 38.0 Å². The van der Waals surface area contributed by atoms with E-state index in [1.807, 2.05) is 0 Å². The summed E-state index contributed by atoms with van der Waals surface area (Å²) in [7, 11) is 0. The zero-order valence-corrected chi connectivity index (χ0v) is 33.6. The van der Waals surface area contributed by atoms with Crippen molar-refractivity contribution in [1.82, 2.24) is 39.0 Å². The molecule has 10 atom stereocenters. The number of nitrogens with one attached hydrogen (secondary N) is 2. The third kappa shape index (κ3) is 8.03. The van der Waals surface area contributed by atoms with Gasteiger partial charge >= 0.3 is 13.5 Å². The van der Waals surface area contributed by atoms with E-state index >= 15 is 8.78 Å². The number of aromatic nitrogens is 8. The number of benzene rings is 1. The van der Waals surface area contributed by atoms with Crippen LogP contribution in [0.25, 0.3) is 22.3 Å². The molecule has 3 fully saturated rings. The molecule has 58 heavy (non-hydrogen) atoms. The summed E-state index contributed by atoms with van der Waals surface area (Å²) in [6.07, 6.45) is -10.5. The zero-order chi connectivity index (χ0) is 41.1. The van der Waals surface area contributed by atoms with Gasteiger partial charge in [0.15, 0.2) is 47.4 Å². The monoisotopic (exact) mass is 883 g/mol. The number of carbonyl (C=O) groups excluding carboxylic acids is 2. The number of thiol groups is 1. The maximum Gasteiger partial charge on any atom is 0.386 e. The number of hydrogen-bond donors (Lipinski definition) is 4.